The van der Waals surface area contributed by atoms with Gasteiger partial charge in [0.25, 0.3) is 0 Å². The minimum Gasteiger partial charge on any atom is -0.340 e. The van der Waals surface area contributed by atoms with E-state index in [9.17, 15) is 4.79 Å². The summed E-state index contributed by atoms with van der Waals surface area (Å²) in [6.07, 6.45) is 2.13. The quantitative estimate of drug-likeness (QED) is 0.366. The number of benzene rings is 2. The molecule has 1 amide bonds. The summed E-state index contributed by atoms with van der Waals surface area (Å²) in [6.45, 7) is 20.2. The maximum absolute atomic E-state index is 12.2. The molecule has 0 bridgehead atoms. The van der Waals surface area contributed by atoms with Crippen molar-refractivity contribution in [3.8, 4) is 0 Å². The summed E-state index contributed by atoms with van der Waals surface area (Å²) in [4.78, 5) is 19.0. The molecule has 0 saturated carbocycles. The van der Waals surface area contributed by atoms with E-state index >= 15 is 0 Å². The van der Waals surface area contributed by atoms with Crippen LogP contribution < -0.4 is 10.6 Å². The molecule has 190 valence electrons. The first-order valence-corrected chi connectivity index (χ1v) is 12.1. The molecule has 4 rings (SSSR count). The Hall–Kier alpha value is -3.70. The zero-order chi connectivity index (χ0) is 26.7. The van der Waals surface area contributed by atoms with Crippen molar-refractivity contribution in [3.05, 3.63) is 103 Å². The summed E-state index contributed by atoms with van der Waals surface area (Å²) < 4.78 is 0. The minimum absolute atomic E-state index is 0.00906. The number of nitrogens with one attached hydrogen (secondary N) is 2. The summed E-state index contributed by atoms with van der Waals surface area (Å²) in [5.41, 5.74) is 6.47. The molecule has 5 nitrogen and oxygen atoms in total. The van der Waals surface area contributed by atoms with E-state index < -0.39 is 0 Å². The van der Waals surface area contributed by atoms with Gasteiger partial charge in [-0.3, -0.25) is 9.69 Å². The third-order valence-electron chi connectivity index (χ3n) is 5.32. The molecule has 1 aromatic heterocycles. The summed E-state index contributed by atoms with van der Waals surface area (Å²) >= 11 is 0. The van der Waals surface area contributed by atoms with Crippen LogP contribution in [0.1, 0.15) is 49.6 Å². The highest BCUT2D eigenvalue weighted by atomic mass is 16.1. The van der Waals surface area contributed by atoms with Gasteiger partial charge < -0.3 is 10.6 Å². The lowest BCUT2D eigenvalue weighted by Gasteiger charge is -2.17. The fourth-order valence-electron chi connectivity index (χ4n) is 3.85. The van der Waals surface area contributed by atoms with E-state index in [0.717, 1.165) is 18.8 Å². The normalized spacial score (nSPS) is 12.2. The lowest BCUT2D eigenvalue weighted by molar-refractivity contribution is -0.117. The van der Waals surface area contributed by atoms with Gasteiger partial charge in [-0.2, -0.15) is 0 Å². The maximum Gasteiger partial charge on any atom is 0.224 e. The first-order valence-electron chi connectivity index (χ1n) is 12.1. The molecule has 0 radical (unpaired) electrons. The van der Waals surface area contributed by atoms with Gasteiger partial charge in [-0.1, -0.05) is 63.7 Å². The number of aromatic nitrogens is 1. The molecule has 3 aromatic rings. The topological polar surface area (TPSA) is 57.3 Å². The average molecular weight is 485 g/mol. The Morgan fingerprint density at radius 2 is 1.64 bits per heavy atom. The third-order valence-corrected chi connectivity index (χ3v) is 5.32. The Balaban J connectivity index is 0.000000313. The summed E-state index contributed by atoms with van der Waals surface area (Å²) in [5, 5.41) is 6.22. The second-order valence-electron chi connectivity index (χ2n) is 10.1. The number of aryl methyl sites for hydroxylation is 1. The van der Waals surface area contributed by atoms with Crippen LogP contribution in [-0.4, -0.2) is 22.8 Å². The van der Waals surface area contributed by atoms with E-state index in [2.05, 4.69) is 71.6 Å². The summed E-state index contributed by atoms with van der Waals surface area (Å²) in [5.74, 6) is 0.661. The van der Waals surface area contributed by atoms with Gasteiger partial charge in [0.2, 0.25) is 5.91 Å². The van der Waals surface area contributed by atoms with Crippen molar-refractivity contribution >= 4 is 29.2 Å². The smallest absolute Gasteiger partial charge is 0.224 e. The number of anilines is 3. The molecule has 0 spiro atoms. The molecule has 1 aliphatic rings. The maximum atomic E-state index is 12.2. The lowest BCUT2D eigenvalue weighted by atomic mass is 9.92. The highest BCUT2D eigenvalue weighted by Gasteiger charge is 2.16. The SMILES string of the molecule is C=C.C=Cc1cc(NC(=O)CC(C)(C)C)cc(Nc2cccc(C)c2)n1.CN1Cc2ccccc2C1. The number of amides is 1. The molecule has 2 aromatic carbocycles. The van der Waals surface area contributed by atoms with Gasteiger partial charge in [-0.05, 0) is 60.4 Å². The molecular formula is C31H40N4O. The molecular weight excluding hydrogens is 444 g/mol. The predicted molar refractivity (Wildman–Crippen MR) is 154 cm³/mol. The van der Waals surface area contributed by atoms with Crippen LogP contribution in [0.25, 0.3) is 6.08 Å². The third kappa shape index (κ3) is 9.51. The Labute approximate surface area is 217 Å². The van der Waals surface area contributed by atoms with Crippen molar-refractivity contribution in [2.75, 3.05) is 17.7 Å². The van der Waals surface area contributed by atoms with Crippen LogP contribution in [0.15, 0.2) is 80.4 Å². The molecule has 0 saturated heterocycles. The van der Waals surface area contributed by atoms with Crippen LogP contribution in [0.2, 0.25) is 0 Å². The Kier molecular flexibility index (Phi) is 10.6. The molecule has 5 heteroatoms. The number of carbonyl (C=O) groups excluding carboxylic acids is 1. The molecule has 36 heavy (non-hydrogen) atoms. The van der Waals surface area contributed by atoms with E-state index in [-0.39, 0.29) is 11.3 Å². The van der Waals surface area contributed by atoms with Crippen LogP contribution in [0, 0.1) is 12.3 Å². The van der Waals surface area contributed by atoms with Crippen LogP contribution in [-0.2, 0) is 17.9 Å². The first kappa shape index (κ1) is 28.5. The Morgan fingerprint density at radius 3 is 2.19 bits per heavy atom. The molecule has 2 heterocycles. The van der Waals surface area contributed by atoms with Crippen LogP contribution in [0.5, 0.6) is 0 Å². The standard InChI is InChI=1S/C20H25N3O.C9H11N.C2H4/c1-6-15-11-17(23-19(24)13-20(3,4)5)12-18(21-15)22-16-9-7-8-14(2)10-16;1-10-6-8-4-2-3-5-9(8)7-10;1-2/h6-12H,1,13H2,2-5H3,(H2,21,22,23,24);2-5H,6-7H2,1H3;1-2H2. The van der Waals surface area contributed by atoms with E-state index in [1.54, 1.807) is 6.08 Å². The number of carbonyl (C=O) groups is 1. The number of pyridine rings is 1. The van der Waals surface area contributed by atoms with Gasteiger partial charge in [-0.25, -0.2) is 4.98 Å². The fourth-order valence-corrected chi connectivity index (χ4v) is 3.85. The summed E-state index contributed by atoms with van der Waals surface area (Å²) in [7, 11) is 2.15. The van der Waals surface area contributed by atoms with Crippen LogP contribution in [0.3, 0.4) is 0 Å². The fraction of sp³-hybridized carbons (Fsp3) is 0.290. The number of fused-ring (bicyclic) bond motifs is 1. The number of hydrogen-bond acceptors (Lipinski definition) is 4. The molecule has 0 aliphatic carbocycles. The zero-order valence-corrected chi connectivity index (χ0v) is 22.4. The second kappa shape index (κ2) is 13.4. The number of hydrogen-bond donors (Lipinski definition) is 2. The van der Waals surface area contributed by atoms with Crippen molar-refractivity contribution in [1.29, 1.82) is 0 Å². The van der Waals surface area contributed by atoms with E-state index in [0.29, 0.717) is 23.6 Å². The molecule has 0 unspecified atom stereocenters. The summed E-state index contributed by atoms with van der Waals surface area (Å²) in [6, 6.07) is 20.3. The van der Waals surface area contributed by atoms with E-state index in [1.807, 2.05) is 64.1 Å². The minimum atomic E-state index is -0.0545. The molecule has 0 fully saturated rings. The van der Waals surface area contributed by atoms with Gasteiger partial charge >= 0.3 is 0 Å². The van der Waals surface area contributed by atoms with Crippen molar-refractivity contribution in [1.82, 2.24) is 9.88 Å². The Bertz CT molecular complexity index is 1140. The molecule has 2 N–H and O–H groups in total. The van der Waals surface area contributed by atoms with Crippen LogP contribution >= 0.6 is 0 Å². The monoisotopic (exact) mass is 484 g/mol. The second-order valence-corrected chi connectivity index (χ2v) is 10.1. The van der Waals surface area contributed by atoms with Gasteiger partial charge in [0.15, 0.2) is 0 Å². The molecule has 1 aliphatic heterocycles. The van der Waals surface area contributed by atoms with Gasteiger partial charge in [0.05, 0.1) is 5.69 Å². The van der Waals surface area contributed by atoms with Gasteiger partial charge in [0, 0.05) is 37.0 Å². The molecule has 0 atom stereocenters. The lowest BCUT2D eigenvalue weighted by Crippen LogP contribution is -2.19. The van der Waals surface area contributed by atoms with E-state index in [4.69, 9.17) is 0 Å². The van der Waals surface area contributed by atoms with Crippen molar-refractivity contribution < 1.29 is 4.79 Å². The van der Waals surface area contributed by atoms with Gasteiger partial charge in [0.1, 0.15) is 5.82 Å². The highest BCUT2D eigenvalue weighted by Crippen LogP contribution is 2.23. The predicted octanol–water partition coefficient (Wildman–Crippen LogP) is 7.59. The van der Waals surface area contributed by atoms with Gasteiger partial charge in [-0.15, -0.1) is 13.2 Å². The van der Waals surface area contributed by atoms with E-state index in [1.165, 1.54) is 16.7 Å². The number of rotatable bonds is 5. The average Bonchev–Trinajstić information content (AvgIpc) is 3.19. The van der Waals surface area contributed by atoms with Crippen molar-refractivity contribution in [2.24, 2.45) is 5.41 Å². The Morgan fingerprint density at radius 1 is 1.00 bits per heavy atom. The number of nitrogens with zero attached hydrogens (tertiary/aromatic N) is 2. The zero-order valence-electron chi connectivity index (χ0n) is 22.4. The van der Waals surface area contributed by atoms with Crippen LogP contribution in [0.4, 0.5) is 17.2 Å². The first-order chi connectivity index (χ1) is 17.1. The highest BCUT2D eigenvalue weighted by molar-refractivity contribution is 5.91. The largest absolute Gasteiger partial charge is 0.340 e. The van der Waals surface area contributed by atoms with Crippen molar-refractivity contribution in [2.45, 2.75) is 47.2 Å². The van der Waals surface area contributed by atoms with Crippen molar-refractivity contribution in [3.63, 3.8) is 0 Å².